The van der Waals surface area contributed by atoms with Crippen LogP contribution in [0.1, 0.15) is 22.0 Å². The Morgan fingerprint density at radius 2 is 1.92 bits per heavy atom. The number of H-pyrrole nitrogens is 1. The van der Waals surface area contributed by atoms with Crippen molar-refractivity contribution >= 4 is 5.91 Å². The molecule has 0 radical (unpaired) electrons. The van der Waals surface area contributed by atoms with Crippen molar-refractivity contribution in [2.24, 2.45) is 0 Å². The van der Waals surface area contributed by atoms with Gasteiger partial charge in [0.05, 0.1) is 30.7 Å². The van der Waals surface area contributed by atoms with Gasteiger partial charge in [0, 0.05) is 12.1 Å². The number of aliphatic hydroxyl groups excluding tert-OH is 1. The number of hydrogen-bond acceptors (Lipinski definition) is 4. The third-order valence-electron chi connectivity index (χ3n) is 3.90. The number of benzene rings is 2. The Kier molecular flexibility index (Phi) is 5.11. The van der Waals surface area contributed by atoms with Gasteiger partial charge >= 0.3 is 0 Å². The van der Waals surface area contributed by atoms with Gasteiger partial charge in [-0.3, -0.25) is 9.89 Å². The predicted molar refractivity (Wildman–Crippen MR) is 94.3 cm³/mol. The lowest BCUT2D eigenvalue weighted by Crippen LogP contribution is -2.28. The molecule has 1 atom stereocenters. The Morgan fingerprint density at radius 3 is 2.60 bits per heavy atom. The molecular formula is C19H19N3O3. The molecule has 3 N–H and O–H groups in total. The van der Waals surface area contributed by atoms with E-state index in [0.717, 1.165) is 16.9 Å². The maximum Gasteiger partial charge on any atom is 0.255 e. The maximum absolute atomic E-state index is 12.5. The number of nitrogens with zero attached hydrogens (tertiary/aromatic N) is 1. The summed E-state index contributed by atoms with van der Waals surface area (Å²) in [5.74, 6) is 0.440. The summed E-state index contributed by atoms with van der Waals surface area (Å²) >= 11 is 0. The number of rotatable bonds is 6. The number of ether oxygens (including phenoxy) is 1. The summed E-state index contributed by atoms with van der Waals surface area (Å²) in [5.41, 5.74) is 2.62. The number of amides is 1. The molecule has 1 amide bonds. The van der Waals surface area contributed by atoms with Gasteiger partial charge in [-0.05, 0) is 29.8 Å². The summed E-state index contributed by atoms with van der Waals surface area (Å²) in [6.07, 6.45) is 0.713. The maximum atomic E-state index is 12.5. The lowest BCUT2D eigenvalue weighted by Gasteiger charge is -2.12. The topological polar surface area (TPSA) is 87.2 Å². The SMILES string of the molecule is COc1ccc(-c2[nH]ncc2C(=O)NCC(O)c2ccccc2)cc1. The molecule has 0 saturated heterocycles. The first-order valence-electron chi connectivity index (χ1n) is 7.88. The zero-order valence-corrected chi connectivity index (χ0v) is 13.8. The fourth-order valence-corrected chi connectivity index (χ4v) is 2.51. The summed E-state index contributed by atoms with van der Waals surface area (Å²) < 4.78 is 5.14. The molecule has 1 aromatic heterocycles. The monoisotopic (exact) mass is 337 g/mol. The number of carbonyl (C=O) groups excluding carboxylic acids is 1. The quantitative estimate of drug-likeness (QED) is 0.645. The van der Waals surface area contributed by atoms with Crippen LogP contribution in [0.3, 0.4) is 0 Å². The first-order chi connectivity index (χ1) is 12.2. The van der Waals surface area contributed by atoms with E-state index in [0.29, 0.717) is 11.3 Å². The van der Waals surface area contributed by atoms with Crippen LogP contribution in [0.5, 0.6) is 5.75 Å². The van der Waals surface area contributed by atoms with Crippen LogP contribution in [-0.2, 0) is 0 Å². The molecule has 0 aliphatic heterocycles. The van der Waals surface area contributed by atoms with Crippen molar-refractivity contribution in [1.82, 2.24) is 15.5 Å². The van der Waals surface area contributed by atoms with Gasteiger partial charge in [-0.1, -0.05) is 30.3 Å². The first-order valence-corrected chi connectivity index (χ1v) is 7.88. The van der Waals surface area contributed by atoms with Crippen molar-refractivity contribution in [3.05, 3.63) is 71.9 Å². The number of aromatic amines is 1. The number of methoxy groups -OCH3 is 1. The molecule has 0 aliphatic rings. The fourth-order valence-electron chi connectivity index (χ4n) is 2.51. The second-order valence-corrected chi connectivity index (χ2v) is 5.52. The summed E-state index contributed by atoms with van der Waals surface area (Å²) in [5, 5.41) is 19.7. The molecule has 128 valence electrons. The minimum Gasteiger partial charge on any atom is -0.497 e. The zero-order chi connectivity index (χ0) is 17.6. The van der Waals surface area contributed by atoms with Crippen LogP contribution in [0, 0.1) is 0 Å². The number of aliphatic hydroxyl groups is 1. The van der Waals surface area contributed by atoms with Crippen LogP contribution in [-0.4, -0.2) is 34.9 Å². The van der Waals surface area contributed by atoms with E-state index in [2.05, 4.69) is 15.5 Å². The highest BCUT2D eigenvalue weighted by Crippen LogP contribution is 2.23. The van der Waals surface area contributed by atoms with E-state index in [4.69, 9.17) is 4.74 Å². The highest BCUT2D eigenvalue weighted by molar-refractivity contribution is 5.99. The molecule has 6 nitrogen and oxygen atoms in total. The van der Waals surface area contributed by atoms with Crippen LogP contribution < -0.4 is 10.1 Å². The van der Waals surface area contributed by atoms with Crippen LogP contribution in [0.25, 0.3) is 11.3 Å². The average molecular weight is 337 g/mol. The highest BCUT2D eigenvalue weighted by atomic mass is 16.5. The Bertz CT molecular complexity index is 829. The number of carbonyl (C=O) groups is 1. The van der Waals surface area contributed by atoms with Crippen molar-refractivity contribution in [2.75, 3.05) is 13.7 Å². The van der Waals surface area contributed by atoms with E-state index in [1.807, 2.05) is 54.6 Å². The molecule has 0 aliphatic carbocycles. The molecule has 25 heavy (non-hydrogen) atoms. The zero-order valence-electron chi connectivity index (χ0n) is 13.8. The molecule has 6 heteroatoms. The van der Waals surface area contributed by atoms with Gasteiger partial charge in [0.1, 0.15) is 5.75 Å². The standard InChI is InChI=1S/C19H19N3O3/c1-25-15-9-7-14(8-10-15)18-16(11-21-22-18)19(24)20-12-17(23)13-5-3-2-4-6-13/h2-11,17,23H,12H2,1H3,(H,20,24)(H,21,22). The number of aromatic nitrogens is 2. The number of nitrogens with one attached hydrogen (secondary N) is 2. The van der Waals surface area contributed by atoms with Gasteiger partial charge in [0.2, 0.25) is 0 Å². The van der Waals surface area contributed by atoms with E-state index in [-0.39, 0.29) is 12.5 Å². The molecule has 3 aromatic rings. The Morgan fingerprint density at radius 1 is 1.20 bits per heavy atom. The summed E-state index contributed by atoms with van der Waals surface area (Å²) in [6.45, 7) is 0.121. The van der Waals surface area contributed by atoms with Gasteiger partial charge in [-0.15, -0.1) is 0 Å². The lowest BCUT2D eigenvalue weighted by molar-refractivity contribution is 0.0917. The van der Waals surface area contributed by atoms with Gasteiger partial charge in [0.15, 0.2) is 0 Å². The molecule has 0 saturated carbocycles. The van der Waals surface area contributed by atoms with E-state index in [1.54, 1.807) is 7.11 Å². The van der Waals surface area contributed by atoms with Crippen LogP contribution >= 0.6 is 0 Å². The van der Waals surface area contributed by atoms with Gasteiger partial charge < -0.3 is 15.2 Å². The first kappa shape index (κ1) is 16.7. The molecular weight excluding hydrogens is 318 g/mol. The Balaban J connectivity index is 1.70. The van der Waals surface area contributed by atoms with Gasteiger partial charge in [-0.2, -0.15) is 5.10 Å². The summed E-state index contributed by atoms with van der Waals surface area (Å²) in [6, 6.07) is 16.5. The average Bonchev–Trinajstić information content (AvgIpc) is 3.16. The predicted octanol–water partition coefficient (Wildman–Crippen LogP) is 2.55. The van der Waals surface area contributed by atoms with Crippen molar-refractivity contribution < 1.29 is 14.6 Å². The van der Waals surface area contributed by atoms with Crippen molar-refractivity contribution in [3.63, 3.8) is 0 Å². The molecule has 3 rings (SSSR count). The molecule has 1 unspecified atom stereocenters. The molecule has 0 spiro atoms. The Labute approximate surface area is 145 Å². The van der Waals surface area contributed by atoms with E-state index in [1.165, 1.54) is 6.20 Å². The summed E-state index contributed by atoms with van der Waals surface area (Å²) in [7, 11) is 1.60. The van der Waals surface area contributed by atoms with Gasteiger partial charge in [0.25, 0.3) is 5.91 Å². The molecule has 2 aromatic carbocycles. The smallest absolute Gasteiger partial charge is 0.255 e. The van der Waals surface area contributed by atoms with E-state index >= 15 is 0 Å². The third kappa shape index (κ3) is 3.87. The highest BCUT2D eigenvalue weighted by Gasteiger charge is 2.16. The van der Waals surface area contributed by atoms with Gasteiger partial charge in [-0.25, -0.2) is 0 Å². The minimum absolute atomic E-state index is 0.121. The van der Waals surface area contributed by atoms with Crippen LogP contribution in [0.4, 0.5) is 0 Å². The normalized spacial score (nSPS) is 11.8. The van der Waals surface area contributed by atoms with Crippen molar-refractivity contribution in [2.45, 2.75) is 6.10 Å². The third-order valence-corrected chi connectivity index (χ3v) is 3.90. The van der Waals surface area contributed by atoms with Crippen molar-refractivity contribution in [1.29, 1.82) is 0 Å². The van der Waals surface area contributed by atoms with Crippen LogP contribution in [0.2, 0.25) is 0 Å². The Hall–Kier alpha value is -3.12. The van der Waals surface area contributed by atoms with Crippen LogP contribution in [0.15, 0.2) is 60.8 Å². The second-order valence-electron chi connectivity index (χ2n) is 5.52. The van der Waals surface area contributed by atoms with E-state index in [9.17, 15) is 9.90 Å². The summed E-state index contributed by atoms with van der Waals surface area (Å²) in [4.78, 5) is 12.5. The lowest BCUT2D eigenvalue weighted by atomic mass is 10.1. The molecule has 0 bridgehead atoms. The molecule has 0 fully saturated rings. The van der Waals surface area contributed by atoms with Crippen molar-refractivity contribution in [3.8, 4) is 17.0 Å². The fraction of sp³-hybridized carbons (Fsp3) is 0.158. The number of hydrogen-bond donors (Lipinski definition) is 3. The second kappa shape index (κ2) is 7.63. The minimum atomic E-state index is -0.763. The molecule has 1 heterocycles. The largest absolute Gasteiger partial charge is 0.497 e. The van der Waals surface area contributed by atoms with E-state index < -0.39 is 6.10 Å².